The summed E-state index contributed by atoms with van der Waals surface area (Å²) in [6.45, 7) is 7.56. The van der Waals surface area contributed by atoms with Gasteiger partial charge in [0.1, 0.15) is 5.82 Å². The fraction of sp³-hybridized carbons (Fsp3) is 0.500. The second-order valence-electron chi connectivity index (χ2n) is 8.02. The number of halogens is 1. The van der Waals surface area contributed by atoms with Gasteiger partial charge in [-0.15, -0.1) is 12.4 Å². The molecular weight excluding hydrogens is 416 g/mol. The van der Waals surface area contributed by atoms with Gasteiger partial charge in [-0.1, -0.05) is 0 Å². The van der Waals surface area contributed by atoms with E-state index >= 15 is 0 Å². The molecule has 166 valence electrons. The van der Waals surface area contributed by atoms with E-state index in [1.54, 1.807) is 7.11 Å². The van der Waals surface area contributed by atoms with Crippen molar-refractivity contribution >= 4 is 29.1 Å². The minimum Gasteiger partial charge on any atom is -0.467 e. The molecule has 3 aromatic rings. The van der Waals surface area contributed by atoms with E-state index in [2.05, 4.69) is 44.3 Å². The molecule has 2 aliphatic rings. The zero-order chi connectivity index (χ0) is 20.5. The Morgan fingerprint density at radius 3 is 2.55 bits per heavy atom. The number of nitrogens with zero attached hydrogens (tertiary/aromatic N) is 5. The molecule has 31 heavy (non-hydrogen) atoms. The molecule has 0 spiro atoms. The second kappa shape index (κ2) is 9.38. The van der Waals surface area contributed by atoms with E-state index in [9.17, 15) is 0 Å². The SMILES string of the molecule is COc1nc(N2CCNCC2)cc(-n2ncc3cc(C)c(C4CCOCC4)cc32)n1.Cl. The fourth-order valence-electron chi connectivity index (χ4n) is 4.49. The summed E-state index contributed by atoms with van der Waals surface area (Å²) in [7, 11) is 1.61. The number of methoxy groups -OCH3 is 1. The van der Waals surface area contributed by atoms with Crippen molar-refractivity contribution in [3.8, 4) is 11.8 Å². The summed E-state index contributed by atoms with van der Waals surface area (Å²) in [5.41, 5.74) is 3.76. The summed E-state index contributed by atoms with van der Waals surface area (Å²) in [4.78, 5) is 11.4. The van der Waals surface area contributed by atoms with Crippen LogP contribution in [0.1, 0.15) is 29.9 Å². The van der Waals surface area contributed by atoms with Crippen LogP contribution in [0.2, 0.25) is 0 Å². The van der Waals surface area contributed by atoms with Crippen molar-refractivity contribution in [2.75, 3.05) is 51.4 Å². The van der Waals surface area contributed by atoms with Crippen molar-refractivity contribution in [1.29, 1.82) is 0 Å². The largest absolute Gasteiger partial charge is 0.467 e. The summed E-state index contributed by atoms with van der Waals surface area (Å²) in [5.74, 6) is 2.13. The van der Waals surface area contributed by atoms with E-state index in [-0.39, 0.29) is 12.4 Å². The Balaban J connectivity index is 0.00000231. The predicted octanol–water partition coefficient (Wildman–Crippen LogP) is 2.86. The molecule has 8 nitrogen and oxygen atoms in total. The average Bonchev–Trinajstić information content (AvgIpc) is 3.22. The molecule has 0 atom stereocenters. The van der Waals surface area contributed by atoms with Gasteiger partial charge in [0.2, 0.25) is 0 Å². The molecule has 2 aliphatic heterocycles. The van der Waals surface area contributed by atoms with Gasteiger partial charge in [-0.3, -0.25) is 0 Å². The summed E-state index contributed by atoms with van der Waals surface area (Å²) in [6.07, 6.45) is 4.04. The number of aryl methyl sites for hydroxylation is 1. The highest BCUT2D eigenvalue weighted by Crippen LogP contribution is 2.33. The quantitative estimate of drug-likeness (QED) is 0.662. The minimum absolute atomic E-state index is 0. The van der Waals surface area contributed by atoms with Crippen LogP contribution < -0.4 is 15.0 Å². The molecule has 2 aromatic heterocycles. The molecule has 0 aliphatic carbocycles. The Labute approximate surface area is 188 Å². The first-order chi connectivity index (χ1) is 14.7. The van der Waals surface area contributed by atoms with Gasteiger partial charge in [0.15, 0.2) is 5.82 Å². The van der Waals surface area contributed by atoms with Crippen LogP contribution in [-0.4, -0.2) is 66.3 Å². The lowest BCUT2D eigenvalue weighted by atomic mass is 9.88. The zero-order valence-corrected chi connectivity index (χ0v) is 18.8. The van der Waals surface area contributed by atoms with Crippen LogP contribution in [0.4, 0.5) is 5.82 Å². The highest BCUT2D eigenvalue weighted by atomic mass is 35.5. The molecule has 9 heteroatoms. The van der Waals surface area contributed by atoms with Gasteiger partial charge >= 0.3 is 6.01 Å². The van der Waals surface area contributed by atoms with E-state index in [4.69, 9.17) is 9.47 Å². The molecule has 1 aromatic carbocycles. The third-order valence-electron chi connectivity index (χ3n) is 6.14. The third kappa shape index (κ3) is 4.33. The normalized spacial score (nSPS) is 17.5. The molecule has 0 saturated carbocycles. The minimum atomic E-state index is 0. The molecule has 2 saturated heterocycles. The van der Waals surface area contributed by atoms with Crippen LogP contribution in [0.25, 0.3) is 16.7 Å². The Bertz CT molecular complexity index is 1040. The molecule has 2 fully saturated rings. The van der Waals surface area contributed by atoms with Crippen LogP contribution in [0.3, 0.4) is 0 Å². The second-order valence-corrected chi connectivity index (χ2v) is 8.02. The van der Waals surface area contributed by atoms with Gasteiger partial charge in [-0.05, 0) is 48.9 Å². The standard InChI is InChI=1S/C22H28N6O2.ClH/c1-15-11-17-14-24-28(19(17)12-18(15)16-3-9-30-10-4-16)21-13-20(25-22(26-21)29-2)27-7-5-23-6-8-27;/h11-14,16,23H,3-10H2,1-2H3;1H. The molecule has 0 unspecified atom stereocenters. The Morgan fingerprint density at radius 2 is 1.81 bits per heavy atom. The number of hydrogen-bond donors (Lipinski definition) is 1. The van der Waals surface area contributed by atoms with Gasteiger partial charge in [0.25, 0.3) is 0 Å². The molecular formula is C22H29ClN6O2. The number of fused-ring (bicyclic) bond motifs is 1. The van der Waals surface area contributed by atoms with Crippen LogP contribution >= 0.6 is 12.4 Å². The van der Waals surface area contributed by atoms with Crippen molar-refractivity contribution in [2.45, 2.75) is 25.7 Å². The molecule has 0 bridgehead atoms. The van der Waals surface area contributed by atoms with Gasteiger partial charge in [0.05, 0.1) is 18.8 Å². The summed E-state index contributed by atoms with van der Waals surface area (Å²) >= 11 is 0. The Morgan fingerprint density at radius 1 is 1.06 bits per heavy atom. The Kier molecular flexibility index (Phi) is 6.60. The first kappa shape index (κ1) is 21.8. The zero-order valence-electron chi connectivity index (χ0n) is 18.0. The van der Waals surface area contributed by atoms with Crippen molar-refractivity contribution in [2.24, 2.45) is 0 Å². The molecule has 4 heterocycles. The lowest BCUT2D eigenvalue weighted by molar-refractivity contribution is 0.0852. The number of anilines is 1. The van der Waals surface area contributed by atoms with Crippen molar-refractivity contribution in [3.63, 3.8) is 0 Å². The smallest absolute Gasteiger partial charge is 0.320 e. The number of rotatable bonds is 4. The Hall–Kier alpha value is -2.42. The molecule has 1 N–H and O–H groups in total. The van der Waals surface area contributed by atoms with Crippen LogP contribution in [0, 0.1) is 6.92 Å². The topological polar surface area (TPSA) is 77.3 Å². The van der Waals surface area contributed by atoms with Crippen LogP contribution in [-0.2, 0) is 4.74 Å². The number of ether oxygens (including phenoxy) is 2. The van der Waals surface area contributed by atoms with Crippen LogP contribution in [0.15, 0.2) is 24.4 Å². The van der Waals surface area contributed by atoms with E-state index < -0.39 is 0 Å². The van der Waals surface area contributed by atoms with Crippen molar-refractivity contribution in [3.05, 3.63) is 35.5 Å². The monoisotopic (exact) mass is 444 g/mol. The van der Waals surface area contributed by atoms with Gasteiger partial charge in [0, 0.05) is 50.8 Å². The van der Waals surface area contributed by atoms with E-state index in [1.165, 1.54) is 11.1 Å². The number of benzene rings is 1. The third-order valence-corrected chi connectivity index (χ3v) is 6.14. The highest BCUT2D eigenvalue weighted by molar-refractivity contribution is 5.85. The molecule has 0 amide bonds. The van der Waals surface area contributed by atoms with E-state index in [0.717, 1.165) is 74.8 Å². The van der Waals surface area contributed by atoms with Crippen molar-refractivity contribution < 1.29 is 9.47 Å². The van der Waals surface area contributed by atoms with Crippen LogP contribution in [0.5, 0.6) is 6.01 Å². The summed E-state index contributed by atoms with van der Waals surface area (Å²) in [5, 5.41) is 9.16. The maximum absolute atomic E-state index is 5.57. The highest BCUT2D eigenvalue weighted by Gasteiger charge is 2.21. The first-order valence-electron chi connectivity index (χ1n) is 10.7. The fourth-order valence-corrected chi connectivity index (χ4v) is 4.49. The van der Waals surface area contributed by atoms with Gasteiger partial charge in [-0.2, -0.15) is 15.1 Å². The molecule has 5 rings (SSSR count). The predicted molar refractivity (Wildman–Crippen MR) is 123 cm³/mol. The summed E-state index contributed by atoms with van der Waals surface area (Å²) < 4.78 is 12.9. The first-order valence-corrected chi connectivity index (χ1v) is 10.7. The number of hydrogen-bond acceptors (Lipinski definition) is 7. The lowest BCUT2D eigenvalue weighted by Crippen LogP contribution is -2.44. The summed E-state index contributed by atoms with van der Waals surface area (Å²) in [6, 6.07) is 6.89. The number of piperazine rings is 1. The van der Waals surface area contributed by atoms with Gasteiger partial charge < -0.3 is 19.7 Å². The van der Waals surface area contributed by atoms with Gasteiger partial charge in [-0.25, -0.2) is 4.68 Å². The maximum Gasteiger partial charge on any atom is 0.320 e. The lowest BCUT2D eigenvalue weighted by Gasteiger charge is -2.28. The van der Waals surface area contributed by atoms with E-state index in [1.807, 2.05) is 16.9 Å². The maximum atomic E-state index is 5.57. The van der Waals surface area contributed by atoms with Crippen molar-refractivity contribution in [1.82, 2.24) is 25.1 Å². The number of aromatic nitrogens is 4. The van der Waals surface area contributed by atoms with E-state index in [0.29, 0.717) is 11.9 Å². The number of nitrogens with one attached hydrogen (secondary N) is 1. The molecule has 0 radical (unpaired) electrons. The average molecular weight is 445 g/mol.